The number of hydrogen-bond acceptors (Lipinski definition) is 5. The van der Waals surface area contributed by atoms with Gasteiger partial charge in [-0.25, -0.2) is 0 Å². The Bertz CT molecular complexity index is 1180. The van der Waals surface area contributed by atoms with Gasteiger partial charge in [0.05, 0.1) is 25.4 Å². The fraction of sp³-hybridized carbons (Fsp3) is 0.973. The van der Waals surface area contributed by atoms with E-state index in [0.29, 0.717) is 25.9 Å². The van der Waals surface area contributed by atoms with Crippen molar-refractivity contribution in [3.8, 4) is 0 Å². The van der Waals surface area contributed by atoms with Gasteiger partial charge in [-0.1, -0.05) is 406 Å². The Kier molecular flexibility index (Phi) is 70.3. The average Bonchev–Trinajstić information content (AvgIpc) is 3.47. The Labute approximate surface area is 508 Å². The van der Waals surface area contributed by atoms with Crippen molar-refractivity contribution in [2.45, 2.75) is 456 Å². The minimum atomic E-state index is -0.661. The van der Waals surface area contributed by atoms with Crippen LogP contribution in [-0.2, 0) is 14.3 Å². The third kappa shape index (κ3) is 67.9. The maximum atomic E-state index is 12.6. The summed E-state index contributed by atoms with van der Waals surface area (Å²) in [6.07, 6.45) is 87.5. The smallest absolute Gasteiger partial charge is 0.305 e. The van der Waals surface area contributed by atoms with Crippen LogP contribution in [0, 0.1) is 0 Å². The number of rotatable bonds is 72. The van der Waals surface area contributed by atoms with Crippen molar-refractivity contribution in [3.63, 3.8) is 0 Å². The normalized spacial score (nSPS) is 12.4. The number of carbonyl (C=O) groups is 2. The number of hydrogen-bond donors (Lipinski definition) is 3. The van der Waals surface area contributed by atoms with Gasteiger partial charge in [-0.3, -0.25) is 9.59 Å². The van der Waals surface area contributed by atoms with E-state index in [1.165, 1.54) is 372 Å². The van der Waals surface area contributed by atoms with Gasteiger partial charge in [-0.2, -0.15) is 0 Å². The molecule has 81 heavy (non-hydrogen) atoms. The van der Waals surface area contributed by atoms with Crippen LogP contribution in [0.25, 0.3) is 0 Å². The Morgan fingerprint density at radius 1 is 0.296 bits per heavy atom. The highest BCUT2D eigenvalue weighted by Gasteiger charge is 2.20. The first-order chi connectivity index (χ1) is 40.0. The number of esters is 1. The summed E-state index contributed by atoms with van der Waals surface area (Å²) < 4.78 is 5.49. The van der Waals surface area contributed by atoms with E-state index < -0.39 is 12.1 Å². The fourth-order valence-electron chi connectivity index (χ4n) is 12.4. The number of aliphatic hydroxyl groups is 2. The summed E-state index contributed by atoms with van der Waals surface area (Å²) in [5.74, 6) is -0.00218. The summed E-state index contributed by atoms with van der Waals surface area (Å²) in [5, 5.41) is 23.4. The molecule has 0 fully saturated rings. The first kappa shape index (κ1) is 79.9. The summed E-state index contributed by atoms with van der Waals surface area (Å²) in [6, 6.07) is -0.538. The zero-order valence-electron chi connectivity index (χ0n) is 55.6. The van der Waals surface area contributed by atoms with Gasteiger partial charge in [0, 0.05) is 12.8 Å². The van der Waals surface area contributed by atoms with Crippen LogP contribution < -0.4 is 5.32 Å². The largest absolute Gasteiger partial charge is 0.466 e. The SMILES string of the molecule is CCCCCCCCCCCCCCCCCCCCCCCC(O)C(CO)NC(=O)CCCCCCCCCCCCCCCCCCCCCCCCCCCCCCCCOC(=O)CCCCCCCCCCCCCCC. The molecule has 0 bridgehead atoms. The highest BCUT2D eigenvalue weighted by Crippen LogP contribution is 2.20. The minimum Gasteiger partial charge on any atom is -0.466 e. The summed E-state index contributed by atoms with van der Waals surface area (Å²) in [5.41, 5.74) is 0. The van der Waals surface area contributed by atoms with Crippen molar-refractivity contribution in [1.29, 1.82) is 0 Å². The lowest BCUT2D eigenvalue weighted by Crippen LogP contribution is -2.45. The second-order valence-electron chi connectivity index (χ2n) is 26.4. The third-order valence-electron chi connectivity index (χ3n) is 18.2. The monoisotopic (exact) mass is 1140 g/mol. The first-order valence-corrected chi connectivity index (χ1v) is 37.8. The molecule has 0 aliphatic rings. The van der Waals surface area contributed by atoms with Crippen molar-refractivity contribution in [1.82, 2.24) is 5.32 Å². The molecule has 0 aliphatic heterocycles. The molecule has 2 unspecified atom stereocenters. The molecule has 484 valence electrons. The number of ether oxygens (including phenoxy) is 1. The molecule has 0 aromatic heterocycles. The molecule has 0 rings (SSSR count). The molecule has 6 heteroatoms. The maximum absolute atomic E-state index is 12.6. The van der Waals surface area contributed by atoms with E-state index in [0.717, 1.165) is 38.5 Å². The second-order valence-corrected chi connectivity index (χ2v) is 26.4. The van der Waals surface area contributed by atoms with E-state index in [1.54, 1.807) is 0 Å². The van der Waals surface area contributed by atoms with E-state index in [1.807, 2.05) is 0 Å². The number of carbonyl (C=O) groups excluding carboxylic acids is 2. The molecule has 0 spiro atoms. The molecule has 0 saturated carbocycles. The van der Waals surface area contributed by atoms with Crippen LogP contribution in [0.4, 0.5) is 0 Å². The van der Waals surface area contributed by atoms with Gasteiger partial charge < -0.3 is 20.3 Å². The van der Waals surface area contributed by atoms with Crippen molar-refractivity contribution in [3.05, 3.63) is 0 Å². The maximum Gasteiger partial charge on any atom is 0.305 e. The average molecular weight is 1150 g/mol. The van der Waals surface area contributed by atoms with E-state index >= 15 is 0 Å². The van der Waals surface area contributed by atoms with E-state index in [9.17, 15) is 19.8 Å². The predicted octanol–water partition coefficient (Wildman–Crippen LogP) is 24.5. The number of unbranched alkanes of at least 4 members (excludes halogenated alkanes) is 61. The van der Waals surface area contributed by atoms with Crippen LogP contribution in [0.2, 0.25) is 0 Å². The summed E-state index contributed by atoms with van der Waals surface area (Å²) >= 11 is 0. The van der Waals surface area contributed by atoms with E-state index in [2.05, 4.69) is 19.2 Å². The number of aliphatic hydroxyl groups excluding tert-OH is 2. The van der Waals surface area contributed by atoms with Crippen LogP contribution in [0.3, 0.4) is 0 Å². The van der Waals surface area contributed by atoms with Gasteiger partial charge in [-0.15, -0.1) is 0 Å². The van der Waals surface area contributed by atoms with Gasteiger partial charge in [0.15, 0.2) is 0 Å². The van der Waals surface area contributed by atoms with Crippen LogP contribution in [0.15, 0.2) is 0 Å². The Morgan fingerprint density at radius 2 is 0.506 bits per heavy atom. The molecule has 2 atom stereocenters. The quantitative estimate of drug-likeness (QED) is 0.0417. The molecule has 0 saturated heterocycles. The Hall–Kier alpha value is -1.14. The van der Waals surface area contributed by atoms with Crippen molar-refractivity contribution in [2.75, 3.05) is 13.2 Å². The molecule has 3 N–H and O–H groups in total. The number of nitrogens with one attached hydrogen (secondary N) is 1. The molecule has 0 aromatic rings. The first-order valence-electron chi connectivity index (χ1n) is 37.8. The van der Waals surface area contributed by atoms with Crippen molar-refractivity contribution < 1.29 is 24.5 Å². The predicted molar refractivity (Wildman–Crippen MR) is 357 cm³/mol. The molecule has 0 aliphatic carbocycles. The molecule has 0 radical (unpaired) electrons. The molecule has 0 aromatic carbocycles. The Morgan fingerprint density at radius 3 is 0.753 bits per heavy atom. The lowest BCUT2D eigenvalue weighted by atomic mass is 10.0. The van der Waals surface area contributed by atoms with Crippen LogP contribution in [0.5, 0.6) is 0 Å². The molecule has 1 amide bonds. The van der Waals surface area contributed by atoms with E-state index in [4.69, 9.17) is 4.74 Å². The van der Waals surface area contributed by atoms with Crippen molar-refractivity contribution >= 4 is 11.9 Å². The summed E-state index contributed by atoms with van der Waals surface area (Å²) in [6.45, 7) is 5.01. The topological polar surface area (TPSA) is 95.9 Å². The zero-order chi connectivity index (χ0) is 58.5. The summed E-state index contributed by atoms with van der Waals surface area (Å²) in [4.78, 5) is 24.6. The lowest BCUT2D eigenvalue weighted by Gasteiger charge is -2.22. The van der Waals surface area contributed by atoms with Crippen LogP contribution in [0.1, 0.15) is 444 Å². The van der Waals surface area contributed by atoms with Crippen molar-refractivity contribution in [2.24, 2.45) is 0 Å². The molecular weight excluding hydrogens is 995 g/mol. The van der Waals surface area contributed by atoms with Gasteiger partial charge in [-0.05, 0) is 25.7 Å². The highest BCUT2D eigenvalue weighted by molar-refractivity contribution is 5.76. The van der Waals surface area contributed by atoms with Crippen LogP contribution >= 0.6 is 0 Å². The molecule has 6 nitrogen and oxygen atoms in total. The van der Waals surface area contributed by atoms with Gasteiger partial charge in [0.2, 0.25) is 5.91 Å². The summed E-state index contributed by atoms with van der Waals surface area (Å²) in [7, 11) is 0. The minimum absolute atomic E-state index is 0.0230. The molecular formula is C75H149NO5. The van der Waals surface area contributed by atoms with Gasteiger partial charge in [0.25, 0.3) is 0 Å². The molecule has 0 heterocycles. The Balaban J connectivity index is 3.32. The fourth-order valence-corrected chi connectivity index (χ4v) is 12.4. The van der Waals surface area contributed by atoms with Gasteiger partial charge in [0.1, 0.15) is 0 Å². The zero-order valence-corrected chi connectivity index (χ0v) is 55.6. The van der Waals surface area contributed by atoms with E-state index in [-0.39, 0.29) is 18.5 Å². The standard InChI is InChI=1S/C75H149NO5/c1-3-5-7-9-11-13-15-17-18-19-20-31-34-37-40-44-47-51-55-59-63-67-73(78)72(71-77)76-74(79)68-64-60-56-52-48-45-41-38-35-32-29-27-25-23-21-22-24-26-28-30-33-36-39-42-46-50-54-58-62-66-70-81-75(80)69-65-61-57-53-49-43-16-14-12-10-8-6-4-2/h72-73,77-78H,3-71H2,1-2H3,(H,76,79). The lowest BCUT2D eigenvalue weighted by molar-refractivity contribution is -0.143. The second kappa shape index (κ2) is 71.3. The van der Waals surface area contributed by atoms with Gasteiger partial charge >= 0.3 is 5.97 Å². The highest BCUT2D eigenvalue weighted by atomic mass is 16.5. The number of amides is 1. The third-order valence-corrected chi connectivity index (χ3v) is 18.2. The van der Waals surface area contributed by atoms with Crippen LogP contribution in [-0.4, -0.2) is 47.4 Å².